The summed E-state index contributed by atoms with van der Waals surface area (Å²) in [4.78, 5) is 8.48. The van der Waals surface area contributed by atoms with E-state index in [0.29, 0.717) is 0 Å². The average molecular weight is 251 g/mol. The molecule has 0 fully saturated rings. The highest BCUT2D eigenvalue weighted by atomic mass is 16.5. The second-order valence-corrected chi connectivity index (χ2v) is 4.42. The zero-order valence-corrected chi connectivity index (χ0v) is 11.8. The number of nitrogens with one attached hydrogen (secondary N) is 1. The van der Waals surface area contributed by atoms with Gasteiger partial charge in [-0.3, -0.25) is 0 Å². The fourth-order valence-electron chi connectivity index (χ4n) is 1.91. The van der Waals surface area contributed by atoms with Crippen LogP contribution in [0.1, 0.15) is 51.5 Å². The van der Waals surface area contributed by atoms with Crippen LogP contribution in [0.25, 0.3) is 0 Å². The van der Waals surface area contributed by atoms with Crippen molar-refractivity contribution in [3.8, 4) is 5.88 Å². The van der Waals surface area contributed by atoms with Crippen molar-refractivity contribution >= 4 is 5.82 Å². The first kappa shape index (κ1) is 14.7. The summed E-state index contributed by atoms with van der Waals surface area (Å²) in [7, 11) is 1.88. The Morgan fingerprint density at radius 1 is 1.11 bits per heavy atom. The highest BCUT2D eigenvalue weighted by Gasteiger charge is 2.10. The van der Waals surface area contributed by atoms with Crippen LogP contribution in [0, 0.1) is 0 Å². The van der Waals surface area contributed by atoms with Gasteiger partial charge in [0.05, 0.1) is 12.2 Å². The molecule has 0 saturated carbocycles. The molecule has 0 amide bonds. The Bertz CT molecular complexity index is 342. The second-order valence-electron chi connectivity index (χ2n) is 4.42. The van der Waals surface area contributed by atoms with E-state index in [9.17, 15) is 0 Å². The first-order chi connectivity index (χ1) is 8.83. The van der Waals surface area contributed by atoms with Crippen LogP contribution < -0.4 is 10.1 Å². The van der Waals surface area contributed by atoms with Crippen molar-refractivity contribution in [2.75, 3.05) is 19.0 Å². The van der Waals surface area contributed by atoms with Crippen LogP contribution in [0.15, 0.2) is 6.33 Å². The van der Waals surface area contributed by atoms with E-state index in [0.717, 1.165) is 43.1 Å². The number of rotatable bonds is 9. The summed E-state index contributed by atoms with van der Waals surface area (Å²) in [6.45, 7) is 5.11. The molecule has 0 aliphatic rings. The van der Waals surface area contributed by atoms with Gasteiger partial charge in [-0.1, -0.05) is 39.5 Å². The average Bonchev–Trinajstić information content (AvgIpc) is 2.40. The highest BCUT2D eigenvalue weighted by Crippen LogP contribution is 2.23. The van der Waals surface area contributed by atoms with Crippen LogP contribution in [0.4, 0.5) is 5.82 Å². The Kier molecular flexibility index (Phi) is 7.14. The standard InChI is InChI=1S/C14H25N3O/c1-4-6-7-8-10-18-14-12(9-5-2)13(15-3)16-11-17-14/h11H,4-10H2,1-3H3,(H,15,16,17). The van der Waals surface area contributed by atoms with E-state index in [1.165, 1.54) is 19.3 Å². The van der Waals surface area contributed by atoms with Gasteiger partial charge in [-0.2, -0.15) is 0 Å². The molecule has 102 valence electrons. The molecule has 0 bridgehead atoms. The van der Waals surface area contributed by atoms with Crippen molar-refractivity contribution in [3.63, 3.8) is 0 Å². The lowest BCUT2D eigenvalue weighted by molar-refractivity contribution is 0.290. The van der Waals surface area contributed by atoms with Gasteiger partial charge in [-0.15, -0.1) is 0 Å². The van der Waals surface area contributed by atoms with Crippen molar-refractivity contribution in [2.45, 2.75) is 52.4 Å². The van der Waals surface area contributed by atoms with Crippen molar-refractivity contribution in [1.82, 2.24) is 9.97 Å². The molecule has 0 radical (unpaired) electrons. The molecule has 1 aromatic rings. The molecule has 0 aliphatic carbocycles. The summed E-state index contributed by atoms with van der Waals surface area (Å²) in [6, 6.07) is 0. The zero-order valence-electron chi connectivity index (χ0n) is 11.8. The fraction of sp³-hybridized carbons (Fsp3) is 0.714. The van der Waals surface area contributed by atoms with Gasteiger partial charge < -0.3 is 10.1 Å². The lowest BCUT2D eigenvalue weighted by Gasteiger charge is -2.12. The van der Waals surface area contributed by atoms with Crippen LogP contribution in [0.5, 0.6) is 5.88 Å². The van der Waals surface area contributed by atoms with Crippen molar-refractivity contribution in [1.29, 1.82) is 0 Å². The molecule has 0 unspecified atom stereocenters. The Balaban J connectivity index is 2.57. The van der Waals surface area contributed by atoms with Gasteiger partial charge >= 0.3 is 0 Å². The van der Waals surface area contributed by atoms with E-state index in [1.54, 1.807) is 6.33 Å². The number of hydrogen-bond acceptors (Lipinski definition) is 4. The Hall–Kier alpha value is -1.32. The summed E-state index contributed by atoms with van der Waals surface area (Å²) < 4.78 is 5.79. The monoisotopic (exact) mass is 251 g/mol. The molecular formula is C14H25N3O. The molecule has 0 aliphatic heterocycles. The Morgan fingerprint density at radius 2 is 1.94 bits per heavy atom. The minimum atomic E-state index is 0.743. The van der Waals surface area contributed by atoms with Crippen LogP contribution >= 0.6 is 0 Å². The summed E-state index contributed by atoms with van der Waals surface area (Å²) in [5, 5.41) is 3.10. The number of ether oxygens (including phenoxy) is 1. The van der Waals surface area contributed by atoms with Crippen LogP contribution in [0.2, 0.25) is 0 Å². The van der Waals surface area contributed by atoms with E-state index < -0.39 is 0 Å². The molecule has 1 N–H and O–H groups in total. The first-order valence-electron chi connectivity index (χ1n) is 6.97. The lowest BCUT2D eigenvalue weighted by atomic mass is 10.1. The molecule has 0 spiro atoms. The van der Waals surface area contributed by atoms with E-state index >= 15 is 0 Å². The van der Waals surface area contributed by atoms with Crippen LogP contribution in [-0.4, -0.2) is 23.6 Å². The molecule has 1 aromatic heterocycles. The maximum absolute atomic E-state index is 5.79. The minimum Gasteiger partial charge on any atom is -0.477 e. The molecule has 4 heteroatoms. The number of unbranched alkanes of at least 4 members (excludes halogenated alkanes) is 3. The molecule has 4 nitrogen and oxygen atoms in total. The van der Waals surface area contributed by atoms with Gasteiger partial charge in [0.2, 0.25) is 5.88 Å². The molecule has 0 saturated heterocycles. The number of nitrogens with zero attached hydrogens (tertiary/aromatic N) is 2. The Morgan fingerprint density at radius 3 is 2.61 bits per heavy atom. The second kappa shape index (κ2) is 8.72. The van der Waals surface area contributed by atoms with Crippen LogP contribution in [-0.2, 0) is 6.42 Å². The SMILES string of the molecule is CCCCCCOc1ncnc(NC)c1CCC. The molecule has 0 atom stereocenters. The van der Waals surface area contributed by atoms with Gasteiger partial charge in [0.15, 0.2) is 0 Å². The maximum Gasteiger partial charge on any atom is 0.221 e. The number of hydrogen-bond donors (Lipinski definition) is 1. The zero-order chi connectivity index (χ0) is 13.2. The van der Waals surface area contributed by atoms with Crippen LogP contribution in [0.3, 0.4) is 0 Å². The molecule has 1 heterocycles. The smallest absolute Gasteiger partial charge is 0.221 e. The normalized spacial score (nSPS) is 10.4. The summed E-state index contributed by atoms with van der Waals surface area (Å²) >= 11 is 0. The molecular weight excluding hydrogens is 226 g/mol. The molecule has 1 rings (SSSR count). The summed E-state index contributed by atoms with van der Waals surface area (Å²) in [6.07, 6.45) is 8.42. The minimum absolute atomic E-state index is 0.743. The largest absolute Gasteiger partial charge is 0.477 e. The van der Waals surface area contributed by atoms with Crippen molar-refractivity contribution in [2.24, 2.45) is 0 Å². The highest BCUT2D eigenvalue weighted by molar-refractivity contribution is 5.48. The van der Waals surface area contributed by atoms with E-state index in [2.05, 4.69) is 29.1 Å². The van der Waals surface area contributed by atoms with E-state index in [1.807, 2.05) is 7.05 Å². The van der Waals surface area contributed by atoms with Gasteiger partial charge in [0, 0.05) is 7.05 Å². The summed E-state index contributed by atoms with van der Waals surface area (Å²) in [5.41, 5.74) is 1.10. The van der Waals surface area contributed by atoms with E-state index in [4.69, 9.17) is 4.74 Å². The lowest BCUT2D eigenvalue weighted by Crippen LogP contribution is -2.06. The quantitative estimate of drug-likeness (QED) is 0.683. The fourth-order valence-corrected chi connectivity index (χ4v) is 1.91. The first-order valence-corrected chi connectivity index (χ1v) is 6.97. The topological polar surface area (TPSA) is 47.0 Å². The van der Waals surface area contributed by atoms with Crippen molar-refractivity contribution < 1.29 is 4.74 Å². The Labute approximate surface area is 110 Å². The predicted octanol–water partition coefficient (Wildman–Crippen LogP) is 3.43. The third kappa shape index (κ3) is 4.51. The van der Waals surface area contributed by atoms with E-state index in [-0.39, 0.29) is 0 Å². The molecule has 18 heavy (non-hydrogen) atoms. The van der Waals surface area contributed by atoms with Gasteiger partial charge in [0.25, 0.3) is 0 Å². The van der Waals surface area contributed by atoms with Crippen molar-refractivity contribution in [3.05, 3.63) is 11.9 Å². The number of anilines is 1. The third-order valence-corrected chi connectivity index (χ3v) is 2.88. The summed E-state index contributed by atoms with van der Waals surface area (Å²) in [5.74, 6) is 1.63. The number of aromatic nitrogens is 2. The predicted molar refractivity (Wildman–Crippen MR) is 75.2 cm³/mol. The van der Waals surface area contributed by atoms with Gasteiger partial charge in [-0.25, -0.2) is 9.97 Å². The van der Waals surface area contributed by atoms with Gasteiger partial charge in [-0.05, 0) is 12.8 Å². The molecule has 0 aromatic carbocycles. The maximum atomic E-state index is 5.79. The van der Waals surface area contributed by atoms with Gasteiger partial charge in [0.1, 0.15) is 12.1 Å². The third-order valence-electron chi connectivity index (χ3n) is 2.88.